The highest BCUT2D eigenvalue weighted by Gasteiger charge is 2.23. The molecule has 126 valence electrons. The number of rotatable bonds is 5. The Morgan fingerprint density at radius 1 is 1.12 bits per heavy atom. The topological polar surface area (TPSA) is 68.3 Å². The molecule has 3 rings (SSSR count). The molecule has 1 aromatic heterocycles. The molecule has 5 nitrogen and oxygen atoms in total. The van der Waals surface area contributed by atoms with Crippen LogP contribution in [-0.4, -0.2) is 30.0 Å². The van der Waals surface area contributed by atoms with Gasteiger partial charge in [-0.2, -0.15) is 0 Å². The van der Waals surface area contributed by atoms with Crippen LogP contribution in [0.25, 0.3) is 21.8 Å². The molecule has 3 aromatic rings. The van der Waals surface area contributed by atoms with Crippen molar-refractivity contribution in [2.24, 2.45) is 0 Å². The molecule has 5 heteroatoms. The zero-order valence-corrected chi connectivity index (χ0v) is 13.9. The molecular formula is C20H18N2O3. The van der Waals surface area contributed by atoms with Gasteiger partial charge in [-0.25, -0.2) is 9.78 Å². The molecule has 0 bridgehead atoms. The number of nitrogens with one attached hydrogen (secondary N) is 1. The third-order valence-corrected chi connectivity index (χ3v) is 4.01. The van der Waals surface area contributed by atoms with Crippen LogP contribution in [0.4, 0.5) is 0 Å². The van der Waals surface area contributed by atoms with Crippen molar-refractivity contribution in [3.05, 3.63) is 66.7 Å². The van der Waals surface area contributed by atoms with Crippen LogP contribution in [0.1, 0.15) is 16.8 Å². The lowest BCUT2D eigenvalue weighted by atomic mass is 10.0. The van der Waals surface area contributed by atoms with Crippen molar-refractivity contribution in [3.8, 4) is 0 Å². The second-order valence-corrected chi connectivity index (χ2v) is 5.59. The van der Waals surface area contributed by atoms with E-state index in [1.807, 2.05) is 48.5 Å². The van der Waals surface area contributed by atoms with Crippen LogP contribution in [0.3, 0.4) is 0 Å². The van der Waals surface area contributed by atoms with Gasteiger partial charge in [-0.1, -0.05) is 42.5 Å². The molecule has 0 aliphatic carbocycles. The first kappa shape index (κ1) is 16.6. The number of fused-ring (bicyclic) bond motifs is 2. The van der Waals surface area contributed by atoms with Gasteiger partial charge in [-0.15, -0.1) is 6.58 Å². The molecular weight excluding hydrogens is 316 g/mol. The second kappa shape index (κ2) is 7.13. The van der Waals surface area contributed by atoms with Crippen molar-refractivity contribution in [2.75, 3.05) is 7.11 Å². The lowest BCUT2D eigenvalue weighted by Crippen LogP contribution is -2.41. The van der Waals surface area contributed by atoms with E-state index in [-0.39, 0.29) is 5.91 Å². The van der Waals surface area contributed by atoms with E-state index in [1.54, 1.807) is 6.08 Å². The van der Waals surface area contributed by atoms with Gasteiger partial charge in [0.1, 0.15) is 6.04 Å². The Bertz CT molecular complexity index is 911. The van der Waals surface area contributed by atoms with Gasteiger partial charge in [-0.3, -0.25) is 4.79 Å². The van der Waals surface area contributed by atoms with Gasteiger partial charge < -0.3 is 10.1 Å². The fourth-order valence-corrected chi connectivity index (χ4v) is 2.84. The Morgan fingerprint density at radius 2 is 1.68 bits per heavy atom. The first-order valence-electron chi connectivity index (χ1n) is 7.92. The van der Waals surface area contributed by atoms with E-state index < -0.39 is 12.0 Å². The molecule has 1 N–H and O–H groups in total. The second-order valence-electron chi connectivity index (χ2n) is 5.59. The first-order valence-corrected chi connectivity index (χ1v) is 7.92. The molecule has 0 saturated carbocycles. The van der Waals surface area contributed by atoms with Gasteiger partial charge in [-0.05, 0) is 18.6 Å². The van der Waals surface area contributed by atoms with Crippen LogP contribution >= 0.6 is 0 Å². The summed E-state index contributed by atoms with van der Waals surface area (Å²) in [6.07, 6.45) is 1.87. The number of amides is 1. The first-order chi connectivity index (χ1) is 12.2. The number of para-hydroxylation sites is 2. The highest BCUT2D eigenvalue weighted by Crippen LogP contribution is 2.26. The number of ether oxygens (including phenoxy) is 1. The fourth-order valence-electron chi connectivity index (χ4n) is 2.84. The average molecular weight is 334 g/mol. The molecule has 1 atom stereocenters. The van der Waals surface area contributed by atoms with Crippen LogP contribution in [0.15, 0.2) is 61.2 Å². The van der Waals surface area contributed by atoms with Crippen molar-refractivity contribution >= 4 is 33.7 Å². The summed E-state index contributed by atoms with van der Waals surface area (Å²) < 4.78 is 4.76. The predicted octanol–water partition coefficient (Wildman–Crippen LogP) is 3.24. The van der Waals surface area contributed by atoms with E-state index in [0.29, 0.717) is 12.0 Å². The summed E-state index contributed by atoms with van der Waals surface area (Å²) in [5.41, 5.74) is 1.95. The monoisotopic (exact) mass is 334 g/mol. The standard InChI is InChI=1S/C20H18N2O3/c1-3-8-17(20(24)25-2)22-19(23)18-13-9-4-6-11-15(13)21-16-12-7-5-10-14(16)18/h3-7,9-12,17H,1,8H2,2H3,(H,22,23)/t17-/m1/s1. The van der Waals surface area contributed by atoms with E-state index in [0.717, 1.165) is 21.8 Å². The smallest absolute Gasteiger partial charge is 0.328 e. The Hall–Kier alpha value is -3.21. The number of hydrogen-bond acceptors (Lipinski definition) is 4. The zero-order chi connectivity index (χ0) is 17.8. The van der Waals surface area contributed by atoms with Crippen molar-refractivity contribution in [1.82, 2.24) is 10.3 Å². The van der Waals surface area contributed by atoms with Crippen molar-refractivity contribution < 1.29 is 14.3 Å². The summed E-state index contributed by atoms with van der Waals surface area (Å²) in [7, 11) is 1.29. The summed E-state index contributed by atoms with van der Waals surface area (Å²) in [4.78, 5) is 29.5. The number of methoxy groups -OCH3 is 1. The summed E-state index contributed by atoms with van der Waals surface area (Å²) in [5, 5.41) is 4.23. The van der Waals surface area contributed by atoms with Gasteiger partial charge in [0.15, 0.2) is 0 Å². The number of hydrogen-bond donors (Lipinski definition) is 1. The van der Waals surface area contributed by atoms with Crippen LogP contribution in [0.2, 0.25) is 0 Å². The SMILES string of the molecule is C=CC[C@@H](NC(=O)c1c2ccccc2nc2ccccc12)C(=O)OC. The highest BCUT2D eigenvalue weighted by atomic mass is 16.5. The van der Waals surface area contributed by atoms with Gasteiger partial charge in [0.2, 0.25) is 0 Å². The summed E-state index contributed by atoms with van der Waals surface area (Å²) in [6.45, 7) is 3.63. The molecule has 0 radical (unpaired) electrons. The van der Waals surface area contributed by atoms with Gasteiger partial charge in [0, 0.05) is 10.8 Å². The Kier molecular flexibility index (Phi) is 4.75. The number of pyridine rings is 1. The largest absolute Gasteiger partial charge is 0.467 e. The Labute approximate surface area is 145 Å². The van der Waals surface area contributed by atoms with Crippen LogP contribution < -0.4 is 5.32 Å². The maximum absolute atomic E-state index is 13.0. The highest BCUT2D eigenvalue weighted by molar-refractivity contribution is 6.16. The quantitative estimate of drug-likeness (QED) is 0.442. The fraction of sp³-hybridized carbons (Fsp3) is 0.150. The minimum Gasteiger partial charge on any atom is -0.467 e. The molecule has 2 aromatic carbocycles. The van der Waals surface area contributed by atoms with Gasteiger partial charge in [0.05, 0.1) is 23.7 Å². The molecule has 0 saturated heterocycles. The molecule has 1 amide bonds. The molecule has 0 spiro atoms. The normalized spacial score (nSPS) is 11.9. The number of aromatic nitrogens is 1. The van der Waals surface area contributed by atoms with Gasteiger partial charge >= 0.3 is 5.97 Å². The summed E-state index contributed by atoms with van der Waals surface area (Å²) >= 11 is 0. The zero-order valence-electron chi connectivity index (χ0n) is 13.9. The minimum absolute atomic E-state index is 0.291. The summed E-state index contributed by atoms with van der Waals surface area (Å²) in [5.74, 6) is -0.844. The maximum Gasteiger partial charge on any atom is 0.328 e. The maximum atomic E-state index is 13.0. The lowest BCUT2D eigenvalue weighted by Gasteiger charge is -2.16. The molecule has 0 aliphatic heterocycles. The van der Waals surface area contributed by atoms with Gasteiger partial charge in [0.25, 0.3) is 5.91 Å². The molecule has 0 fully saturated rings. The molecule has 25 heavy (non-hydrogen) atoms. The van der Waals surface area contributed by atoms with E-state index in [1.165, 1.54) is 7.11 Å². The number of esters is 1. The van der Waals surface area contributed by atoms with Crippen molar-refractivity contribution in [1.29, 1.82) is 0 Å². The number of carbonyl (C=O) groups excluding carboxylic acids is 2. The van der Waals surface area contributed by atoms with Crippen molar-refractivity contribution in [2.45, 2.75) is 12.5 Å². The van der Waals surface area contributed by atoms with Crippen molar-refractivity contribution in [3.63, 3.8) is 0 Å². The minimum atomic E-state index is -0.777. The van der Waals surface area contributed by atoms with Crippen LogP contribution in [0.5, 0.6) is 0 Å². The third kappa shape index (κ3) is 3.21. The molecule has 1 heterocycles. The van der Waals surface area contributed by atoms with E-state index in [2.05, 4.69) is 16.9 Å². The molecule has 0 aliphatic rings. The molecule has 0 unspecified atom stereocenters. The Balaban J connectivity index is 2.13. The number of benzene rings is 2. The average Bonchev–Trinajstić information content (AvgIpc) is 2.64. The van der Waals surface area contributed by atoms with Crippen LogP contribution in [0, 0.1) is 0 Å². The van der Waals surface area contributed by atoms with E-state index >= 15 is 0 Å². The Morgan fingerprint density at radius 3 is 2.20 bits per heavy atom. The van der Waals surface area contributed by atoms with E-state index in [4.69, 9.17) is 4.74 Å². The predicted molar refractivity (Wildman–Crippen MR) is 97.3 cm³/mol. The van der Waals surface area contributed by atoms with E-state index in [9.17, 15) is 9.59 Å². The van der Waals surface area contributed by atoms with Crippen LogP contribution in [-0.2, 0) is 9.53 Å². The number of carbonyl (C=O) groups is 2. The summed E-state index contributed by atoms with van der Waals surface area (Å²) in [6, 6.07) is 14.1. The number of nitrogens with zero attached hydrogens (tertiary/aromatic N) is 1. The lowest BCUT2D eigenvalue weighted by molar-refractivity contribution is -0.142. The third-order valence-electron chi connectivity index (χ3n) is 4.01.